The summed E-state index contributed by atoms with van der Waals surface area (Å²) >= 11 is 0. The number of hydrogen-bond acceptors (Lipinski definition) is 4. The Hall–Kier alpha value is -1.91. The average Bonchev–Trinajstić information content (AvgIpc) is 2.42. The molecule has 1 atom stereocenters. The second-order valence-electron chi connectivity index (χ2n) is 4.64. The van der Waals surface area contributed by atoms with Gasteiger partial charge in [-0.2, -0.15) is 9.57 Å². The van der Waals surface area contributed by atoms with E-state index in [0.717, 1.165) is 0 Å². The van der Waals surface area contributed by atoms with Gasteiger partial charge in [0, 0.05) is 13.1 Å². The fourth-order valence-corrected chi connectivity index (χ4v) is 3.84. The van der Waals surface area contributed by atoms with Gasteiger partial charge in [-0.3, -0.25) is 4.79 Å². The zero-order valence-electron chi connectivity index (χ0n) is 11.0. The standard InChI is InChI=1S/C13H15N3O3S/c1-10-13(17)15-6-7-16(10)20(18,19)9-12-4-2-11(8-14)3-5-12/h2-5,10H,6-7,9H2,1H3,(H,15,17). The Labute approximate surface area is 118 Å². The van der Waals surface area contributed by atoms with Crippen molar-refractivity contribution in [3.63, 3.8) is 0 Å². The molecule has 1 fully saturated rings. The Morgan fingerprint density at radius 3 is 2.65 bits per heavy atom. The Bertz CT molecular complexity index is 646. The second-order valence-corrected chi connectivity index (χ2v) is 6.56. The van der Waals surface area contributed by atoms with E-state index in [-0.39, 0.29) is 18.2 Å². The Morgan fingerprint density at radius 1 is 1.40 bits per heavy atom. The summed E-state index contributed by atoms with van der Waals surface area (Å²) in [5, 5.41) is 11.3. The third-order valence-corrected chi connectivity index (χ3v) is 5.14. The first-order valence-electron chi connectivity index (χ1n) is 6.20. The maximum Gasteiger partial charge on any atom is 0.238 e. The molecule has 1 saturated heterocycles. The van der Waals surface area contributed by atoms with Crippen LogP contribution in [0.5, 0.6) is 0 Å². The molecule has 7 heteroatoms. The van der Waals surface area contributed by atoms with Crippen LogP contribution in [0.1, 0.15) is 18.1 Å². The molecule has 1 unspecified atom stereocenters. The zero-order chi connectivity index (χ0) is 14.8. The number of sulfonamides is 1. The summed E-state index contributed by atoms with van der Waals surface area (Å²) in [4.78, 5) is 11.5. The lowest BCUT2D eigenvalue weighted by molar-refractivity contribution is -0.126. The summed E-state index contributed by atoms with van der Waals surface area (Å²) in [7, 11) is -3.55. The highest BCUT2D eigenvalue weighted by atomic mass is 32.2. The monoisotopic (exact) mass is 293 g/mol. The first-order chi connectivity index (χ1) is 9.44. The molecule has 0 bridgehead atoms. The summed E-state index contributed by atoms with van der Waals surface area (Å²) < 4.78 is 25.9. The molecule has 0 aromatic heterocycles. The van der Waals surface area contributed by atoms with Gasteiger partial charge >= 0.3 is 0 Å². The van der Waals surface area contributed by atoms with Crippen LogP contribution in [-0.4, -0.2) is 37.8 Å². The van der Waals surface area contributed by atoms with Crippen LogP contribution in [0.15, 0.2) is 24.3 Å². The van der Waals surface area contributed by atoms with E-state index < -0.39 is 16.1 Å². The molecule has 1 heterocycles. The lowest BCUT2D eigenvalue weighted by atomic mass is 10.2. The van der Waals surface area contributed by atoms with Gasteiger partial charge < -0.3 is 5.32 Å². The number of benzene rings is 1. The van der Waals surface area contributed by atoms with Crippen LogP contribution in [-0.2, 0) is 20.6 Å². The van der Waals surface area contributed by atoms with Gasteiger partial charge in [-0.1, -0.05) is 12.1 Å². The van der Waals surface area contributed by atoms with Gasteiger partial charge in [0.1, 0.15) is 6.04 Å². The quantitative estimate of drug-likeness (QED) is 0.862. The topological polar surface area (TPSA) is 90.3 Å². The lowest BCUT2D eigenvalue weighted by Gasteiger charge is -2.31. The van der Waals surface area contributed by atoms with Crippen LogP contribution in [0.3, 0.4) is 0 Å². The Morgan fingerprint density at radius 2 is 2.05 bits per heavy atom. The summed E-state index contributed by atoms with van der Waals surface area (Å²) in [6, 6.07) is 7.69. The fraction of sp³-hybridized carbons (Fsp3) is 0.385. The molecule has 0 saturated carbocycles. The lowest BCUT2D eigenvalue weighted by Crippen LogP contribution is -2.55. The minimum atomic E-state index is -3.55. The minimum absolute atomic E-state index is 0.170. The molecule has 1 N–H and O–H groups in total. The van der Waals surface area contributed by atoms with Crippen molar-refractivity contribution in [2.75, 3.05) is 13.1 Å². The molecule has 2 rings (SSSR count). The van der Waals surface area contributed by atoms with Gasteiger partial charge in [0.05, 0.1) is 17.4 Å². The molecule has 1 aromatic rings. The summed E-state index contributed by atoms with van der Waals surface area (Å²) in [5.74, 6) is -0.448. The van der Waals surface area contributed by atoms with Crippen LogP contribution >= 0.6 is 0 Å². The van der Waals surface area contributed by atoms with Crippen molar-refractivity contribution in [2.45, 2.75) is 18.7 Å². The molecule has 0 aliphatic carbocycles. The summed E-state index contributed by atoms with van der Waals surface area (Å²) in [6.07, 6.45) is 0. The highest BCUT2D eigenvalue weighted by molar-refractivity contribution is 7.88. The van der Waals surface area contributed by atoms with E-state index in [1.165, 1.54) is 4.31 Å². The van der Waals surface area contributed by atoms with Gasteiger partial charge in [-0.15, -0.1) is 0 Å². The molecule has 6 nitrogen and oxygen atoms in total. The van der Waals surface area contributed by atoms with Crippen molar-refractivity contribution in [2.24, 2.45) is 0 Å². The molecule has 0 radical (unpaired) electrons. The SMILES string of the molecule is CC1C(=O)NCCN1S(=O)(=O)Cc1ccc(C#N)cc1. The minimum Gasteiger partial charge on any atom is -0.353 e. The van der Waals surface area contributed by atoms with E-state index in [4.69, 9.17) is 5.26 Å². The predicted octanol–water partition coefficient (Wildman–Crippen LogP) is 0.208. The predicted molar refractivity (Wildman–Crippen MR) is 73.0 cm³/mol. The molecule has 1 aromatic carbocycles. The number of carbonyl (C=O) groups is 1. The maximum atomic E-state index is 12.3. The highest BCUT2D eigenvalue weighted by Gasteiger charge is 2.34. The number of nitrogens with zero attached hydrogens (tertiary/aromatic N) is 2. The molecule has 106 valence electrons. The third-order valence-electron chi connectivity index (χ3n) is 3.23. The maximum absolute atomic E-state index is 12.3. The smallest absolute Gasteiger partial charge is 0.238 e. The molecule has 1 aliphatic heterocycles. The van der Waals surface area contributed by atoms with Crippen molar-refractivity contribution in [1.29, 1.82) is 5.26 Å². The zero-order valence-corrected chi connectivity index (χ0v) is 11.9. The van der Waals surface area contributed by atoms with Gasteiger partial charge in [-0.25, -0.2) is 8.42 Å². The largest absolute Gasteiger partial charge is 0.353 e. The van der Waals surface area contributed by atoms with E-state index in [2.05, 4.69) is 5.32 Å². The van der Waals surface area contributed by atoms with Gasteiger partial charge in [0.2, 0.25) is 15.9 Å². The van der Waals surface area contributed by atoms with Gasteiger partial charge in [0.25, 0.3) is 0 Å². The van der Waals surface area contributed by atoms with Gasteiger partial charge in [-0.05, 0) is 24.6 Å². The third kappa shape index (κ3) is 2.98. The van der Waals surface area contributed by atoms with E-state index in [9.17, 15) is 13.2 Å². The van der Waals surface area contributed by atoms with E-state index in [1.807, 2.05) is 6.07 Å². The van der Waals surface area contributed by atoms with Crippen molar-refractivity contribution in [3.05, 3.63) is 35.4 Å². The van der Waals surface area contributed by atoms with E-state index in [0.29, 0.717) is 17.7 Å². The van der Waals surface area contributed by atoms with Crippen LogP contribution in [0.25, 0.3) is 0 Å². The fourth-order valence-electron chi connectivity index (χ4n) is 2.11. The van der Waals surface area contributed by atoms with Crippen LogP contribution in [0, 0.1) is 11.3 Å². The number of rotatable bonds is 3. The van der Waals surface area contributed by atoms with E-state index >= 15 is 0 Å². The van der Waals surface area contributed by atoms with E-state index in [1.54, 1.807) is 31.2 Å². The first kappa shape index (κ1) is 14.5. The van der Waals surface area contributed by atoms with Gasteiger partial charge in [0.15, 0.2) is 0 Å². The van der Waals surface area contributed by atoms with Crippen LogP contribution in [0.2, 0.25) is 0 Å². The molecular weight excluding hydrogens is 278 g/mol. The first-order valence-corrected chi connectivity index (χ1v) is 7.81. The normalized spacial score (nSPS) is 20.2. The number of amides is 1. The second kappa shape index (κ2) is 5.61. The Kier molecular flexibility index (Phi) is 4.06. The molecule has 1 amide bonds. The van der Waals surface area contributed by atoms with Crippen LogP contribution in [0.4, 0.5) is 0 Å². The number of carbonyl (C=O) groups excluding carboxylic acids is 1. The molecule has 20 heavy (non-hydrogen) atoms. The summed E-state index contributed by atoms with van der Waals surface area (Å²) in [6.45, 7) is 2.19. The summed E-state index contributed by atoms with van der Waals surface area (Å²) in [5.41, 5.74) is 1.08. The number of hydrogen-bond donors (Lipinski definition) is 1. The van der Waals surface area contributed by atoms with Crippen molar-refractivity contribution in [3.8, 4) is 6.07 Å². The number of nitrogens with one attached hydrogen (secondary N) is 1. The number of piperazine rings is 1. The van der Waals surface area contributed by atoms with Crippen molar-refractivity contribution >= 4 is 15.9 Å². The van der Waals surface area contributed by atoms with Crippen molar-refractivity contribution in [1.82, 2.24) is 9.62 Å². The average molecular weight is 293 g/mol. The molecular formula is C13H15N3O3S. The molecule has 0 spiro atoms. The number of nitriles is 1. The van der Waals surface area contributed by atoms with Crippen LogP contribution < -0.4 is 5.32 Å². The molecule has 1 aliphatic rings. The van der Waals surface area contributed by atoms with Crippen molar-refractivity contribution < 1.29 is 13.2 Å². The highest BCUT2D eigenvalue weighted by Crippen LogP contribution is 2.16. The Balaban J connectivity index is 2.18.